The van der Waals surface area contributed by atoms with Gasteiger partial charge in [0.05, 0.1) is 18.7 Å². The maximum atomic E-state index is 9.40. The Balaban J connectivity index is 1.92. The van der Waals surface area contributed by atoms with Crippen molar-refractivity contribution < 1.29 is 9.84 Å². The highest BCUT2D eigenvalue weighted by molar-refractivity contribution is 5.81. The number of nitrogens with zero attached hydrogens (tertiary/aromatic N) is 3. The third kappa shape index (κ3) is 4.69. The first-order chi connectivity index (χ1) is 12.3. The van der Waals surface area contributed by atoms with Gasteiger partial charge in [0.2, 0.25) is 0 Å². The molecule has 1 aromatic heterocycles. The van der Waals surface area contributed by atoms with E-state index in [0.29, 0.717) is 13.2 Å². The van der Waals surface area contributed by atoms with Crippen LogP contribution >= 0.6 is 0 Å². The van der Waals surface area contributed by atoms with Crippen LogP contribution < -0.4 is 4.90 Å². The summed E-state index contributed by atoms with van der Waals surface area (Å²) in [5.74, 6) is 1.11. The van der Waals surface area contributed by atoms with Crippen molar-refractivity contribution in [1.29, 1.82) is 0 Å². The molecule has 1 N–H and O–H groups in total. The van der Waals surface area contributed by atoms with E-state index < -0.39 is 0 Å². The molecule has 1 aliphatic rings. The van der Waals surface area contributed by atoms with Crippen molar-refractivity contribution in [3.8, 4) is 0 Å². The summed E-state index contributed by atoms with van der Waals surface area (Å²) in [6.45, 7) is 5.23. The molecule has 25 heavy (non-hydrogen) atoms. The molecule has 5 heteroatoms. The number of anilines is 1. The van der Waals surface area contributed by atoms with Crippen LogP contribution in [0, 0.1) is 0 Å². The lowest BCUT2D eigenvalue weighted by molar-refractivity contribution is 0.127. The highest BCUT2D eigenvalue weighted by Crippen LogP contribution is 2.27. The van der Waals surface area contributed by atoms with Gasteiger partial charge in [-0.1, -0.05) is 18.2 Å². The van der Waals surface area contributed by atoms with Gasteiger partial charge in [0, 0.05) is 50.8 Å². The number of hydrogen-bond donors (Lipinski definition) is 1. The Bertz CT molecular complexity index is 671. The zero-order valence-corrected chi connectivity index (χ0v) is 15.2. The lowest BCUT2D eigenvalue weighted by Gasteiger charge is -2.31. The fourth-order valence-electron chi connectivity index (χ4n) is 3.52. The van der Waals surface area contributed by atoms with Crippen molar-refractivity contribution in [2.75, 3.05) is 51.4 Å². The molecule has 0 bridgehead atoms. The van der Waals surface area contributed by atoms with Crippen LogP contribution in [0.3, 0.4) is 0 Å². The molecule has 2 heterocycles. The van der Waals surface area contributed by atoms with Gasteiger partial charge in [0.25, 0.3) is 0 Å². The lowest BCUT2D eigenvalue weighted by atomic mass is 10.1. The number of piperidine rings is 1. The van der Waals surface area contributed by atoms with Crippen LogP contribution in [0.4, 0.5) is 5.82 Å². The Labute approximate surface area is 150 Å². The molecule has 1 aromatic carbocycles. The summed E-state index contributed by atoms with van der Waals surface area (Å²) >= 11 is 0. The second-order valence-corrected chi connectivity index (χ2v) is 6.70. The Morgan fingerprint density at radius 3 is 2.72 bits per heavy atom. The van der Waals surface area contributed by atoms with Gasteiger partial charge in [-0.2, -0.15) is 0 Å². The van der Waals surface area contributed by atoms with E-state index in [1.807, 2.05) is 6.07 Å². The largest absolute Gasteiger partial charge is 0.395 e. The number of methoxy groups -OCH3 is 1. The maximum absolute atomic E-state index is 9.40. The van der Waals surface area contributed by atoms with Gasteiger partial charge in [-0.05, 0) is 31.4 Å². The van der Waals surface area contributed by atoms with Gasteiger partial charge < -0.3 is 14.7 Å². The molecule has 5 nitrogen and oxygen atoms in total. The van der Waals surface area contributed by atoms with Crippen molar-refractivity contribution in [2.24, 2.45) is 0 Å². The number of ether oxygens (including phenoxy) is 1. The summed E-state index contributed by atoms with van der Waals surface area (Å²) in [7, 11) is 1.72. The van der Waals surface area contributed by atoms with Crippen molar-refractivity contribution >= 4 is 16.7 Å². The van der Waals surface area contributed by atoms with Crippen LogP contribution in [-0.2, 0) is 11.3 Å². The Hall–Kier alpha value is -1.69. The molecule has 136 valence electrons. The summed E-state index contributed by atoms with van der Waals surface area (Å²) in [5, 5.41) is 10.6. The van der Waals surface area contributed by atoms with Crippen LogP contribution in [0.1, 0.15) is 24.8 Å². The number of pyridine rings is 1. The molecule has 1 aliphatic heterocycles. The highest BCUT2D eigenvalue weighted by atomic mass is 16.5. The van der Waals surface area contributed by atoms with E-state index >= 15 is 0 Å². The standard InChI is InChI=1S/C20H29N3O2/c1-25-14-12-22(11-13-24)16-18-15-17-7-3-4-8-19(17)21-20(18)23-9-5-2-6-10-23/h3-4,7-8,15,24H,2,5-6,9-14,16H2,1H3. The molecule has 0 saturated carbocycles. The number of rotatable bonds is 8. The van der Waals surface area contributed by atoms with Gasteiger partial charge in [0.1, 0.15) is 5.82 Å². The molecule has 1 saturated heterocycles. The van der Waals surface area contributed by atoms with Crippen LogP contribution in [0.25, 0.3) is 10.9 Å². The predicted octanol–water partition coefficient (Wildman–Crippen LogP) is 2.67. The molecule has 1 fully saturated rings. The van der Waals surface area contributed by atoms with Crippen LogP contribution in [-0.4, -0.2) is 61.5 Å². The van der Waals surface area contributed by atoms with E-state index in [-0.39, 0.29) is 6.61 Å². The molecule has 0 aliphatic carbocycles. The molecule has 0 spiro atoms. The molecule has 0 amide bonds. The zero-order valence-electron chi connectivity index (χ0n) is 15.2. The molecule has 0 unspecified atom stereocenters. The van der Waals surface area contributed by atoms with Crippen LogP contribution in [0.2, 0.25) is 0 Å². The van der Waals surface area contributed by atoms with Crippen molar-refractivity contribution in [2.45, 2.75) is 25.8 Å². The highest BCUT2D eigenvalue weighted by Gasteiger charge is 2.18. The predicted molar refractivity (Wildman–Crippen MR) is 102 cm³/mol. The Morgan fingerprint density at radius 1 is 1.16 bits per heavy atom. The quantitative estimate of drug-likeness (QED) is 0.798. The normalized spacial score (nSPS) is 15.2. The van der Waals surface area contributed by atoms with Crippen LogP contribution in [0.5, 0.6) is 0 Å². The van der Waals surface area contributed by atoms with Crippen LogP contribution in [0.15, 0.2) is 30.3 Å². The van der Waals surface area contributed by atoms with E-state index in [1.165, 1.54) is 30.2 Å². The number of fused-ring (bicyclic) bond motifs is 1. The molecular formula is C20H29N3O2. The van der Waals surface area contributed by atoms with Gasteiger partial charge in [-0.15, -0.1) is 0 Å². The summed E-state index contributed by atoms with van der Waals surface area (Å²) in [6.07, 6.45) is 3.78. The average Bonchev–Trinajstić information content (AvgIpc) is 2.66. The van der Waals surface area contributed by atoms with E-state index in [9.17, 15) is 5.11 Å². The lowest BCUT2D eigenvalue weighted by Crippen LogP contribution is -2.34. The molecule has 0 atom stereocenters. The summed E-state index contributed by atoms with van der Waals surface area (Å²) in [4.78, 5) is 9.67. The van der Waals surface area contributed by atoms with E-state index in [0.717, 1.165) is 37.5 Å². The molecule has 2 aromatic rings. The van der Waals surface area contributed by atoms with E-state index in [2.05, 4.69) is 34.1 Å². The second kappa shape index (κ2) is 9.13. The third-order valence-corrected chi connectivity index (χ3v) is 4.86. The fourth-order valence-corrected chi connectivity index (χ4v) is 3.52. The van der Waals surface area contributed by atoms with Crippen molar-refractivity contribution in [3.05, 3.63) is 35.9 Å². The SMILES string of the molecule is COCCN(CCO)Cc1cc2ccccc2nc1N1CCCCC1. The first-order valence-electron chi connectivity index (χ1n) is 9.27. The number of aliphatic hydroxyl groups excluding tert-OH is 1. The topological polar surface area (TPSA) is 48.8 Å². The van der Waals surface area contributed by atoms with E-state index in [4.69, 9.17) is 9.72 Å². The smallest absolute Gasteiger partial charge is 0.133 e. The van der Waals surface area contributed by atoms with E-state index in [1.54, 1.807) is 7.11 Å². The van der Waals surface area contributed by atoms with Gasteiger partial charge >= 0.3 is 0 Å². The monoisotopic (exact) mass is 343 g/mol. The first-order valence-corrected chi connectivity index (χ1v) is 9.27. The first kappa shape index (κ1) is 18.1. The van der Waals surface area contributed by atoms with Crippen molar-refractivity contribution in [3.63, 3.8) is 0 Å². The van der Waals surface area contributed by atoms with Crippen molar-refractivity contribution in [1.82, 2.24) is 9.88 Å². The summed E-state index contributed by atoms with van der Waals surface area (Å²) < 4.78 is 5.22. The molecule has 0 radical (unpaired) electrons. The second-order valence-electron chi connectivity index (χ2n) is 6.70. The summed E-state index contributed by atoms with van der Waals surface area (Å²) in [6, 6.07) is 10.6. The van der Waals surface area contributed by atoms with Gasteiger partial charge in [-0.3, -0.25) is 4.90 Å². The number of benzene rings is 1. The number of para-hydroxylation sites is 1. The fraction of sp³-hybridized carbons (Fsp3) is 0.550. The number of aliphatic hydroxyl groups is 1. The number of aromatic nitrogens is 1. The maximum Gasteiger partial charge on any atom is 0.133 e. The minimum atomic E-state index is 0.157. The number of hydrogen-bond acceptors (Lipinski definition) is 5. The Kier molecular flexibility index (Phi) is 6.62. The minimum absolute atomic E-state index is 0.157. The van der Waals surface area contributed by atoms with Gasteiger partial charge in [-0.25, -0.2) is 4.98 Å². The average molecular weight is 343 g/mol. The minimum Gasteiger partial charge on any atom is -0.395 e. The molecule has 3 rings (SSSR count). The Morgan fingerprint density at radius 2 is 1.96 bits per heavy atom. The molecular weight excluding hydrogens is 314 g/mol. The third-order valence-electron chi connectivity index (χ3n) is 4.86. The zero-order chi connectivity index (χ0) is 17.5. The van der Waals surface area contributed by atoms with Gasteiger partial charge in [0.15, 0.2) is 0 Å². The summed E-state index contributed by atoms with van der Waals surface area (Å²) in [5.41, 5.74) is 2.29.